The van der Waals surface area contributed by atoms with Gasteiger partial charge in [-0.3, -0.25) is 4.98 Å². The Hall–Kier alpha value is -3.35. The van der Waals surface area contributed by atoms with Crippen LogP contribution < -0.4 is 15.2 Å². The van der Waals surface area contributed by atoms with Gasteiger partial charge in [0, 0.05) is 12.3 Å². The molecule has 124 valence electrons. The second-order valence-corrected chi connectivity index (χ2v) is 4.55. The van der Waals surface area contributed by atoms with Crippen LogP contribution in [-0.4, -0.2) is 31.0 Å². The Labute approximate surface area is 139 Å². The Balaban J connectivity index is 2.00. The number of nitrogens with zero attached hydrogens (tertiary/aromatic N) is 2. The molecule has 0 spiro atoms. The molecular formula is C17H17N3O4. The minimum Gasteiger partial charge on any atom is -0.493 e. The van der Waals surface area contributed by atoms with E-state index < -0.39 is 5.97 Å². The van der Waals surface area contributed by atoms with Crippen LogP contribution in [0.5, 0.6) is 11.5 Å². The van der Waals surface area contributed by atoms with Gasteiger partial charge in [-0.2, -0.15) is 0 Å². The van der Waals surface area contributed by atoms with Crippen LogP contribution in [0.15, 0.2) is 53.8 Å². The van der Waals surface area contributed by atoms with E-state index in [1.165, 1.54) is 13.2 Å². The molecule has 2 N–H and O–H groups in total. The molecule has 0 saturated heterocycles. The van der Waals surface area contributed by atoms with Gasteiger partial charge in [-0.15, -0.1) is 0 Å². The number of pyridine rings is 1. The third kappa shape index (κ3) is 4.57. The maximum atomic E-state index is 11.7. The van der Waals surface area contributed by atoms with Crippen molar-refractivity contribution in [2.75, 3.05) is 14.2 Å². The summed E-state index contributed by atoms with van der Waals surface area (Å²) in [6, 6.07) is 10.4. The van der Waals surface area contributed by atoms with E-state index >= 15 is 0 Å². The summed E-state index contributed by atoms with van der Waals surface area (Å²) in [4.78, 5) is 20.4. The first-order chi connectivity index (χ1) is 11.6. The highest BCUT2D eigenvalue weighted by Gasteiger charge is 2.04. The summed E-state index contributed by atoms with van der Waals surface area (Å²) in [7, 11) is 3.09. The van der Waals surface area contributed by atoms with Gasteiger partial charge in [0.1, 0.15) is 5.69 Å². The number of aromatic nitrogens is 1. The van der Waals surface area contributed by atoms with Crippen LogP contribution in [0.2, 0.25) is 0 Å². The van der Waals surface area contributed by atoms with Crippen LogP contribution in [-0.2, 0) is 9.63 Å². The quantitative estimate of drug-likeness (QED) is 0.286. The van der Waals surface area contributed by atoms with Crippen LogP contribution in [0.25, 0.3) is 6.08 Å². The van der Waals surface area contributed by atoms with Gasteiger partial charge in [0.2, 0.25) is 0 Å². The molecule has 2 rings (SSSR count). The predicted molar refractivity (Wildman–Crippen MR) is 89.6 cm³/mol. The van der Waals surface area contributed by atoms with Gasteiger partial charge in [-0.1, -0.05) is 17.3 Å². The maximum Gasteiger partial charge on any atom is 0.358 e. The molecule has 7 heteroatoms. The molecule has 0 fully saturated rings. The average molecular weight is 327 g/mol. The largest absolute Gasteiger partial charge is 0.493 e. The van der Waals surface area contributed by atoms with Crippen LogP contribution in [0.3, 0.4) is 0 Å². The van der Waals surface area contributed by atoms with Crippen molar-refractivity contribution in [2.24, 2.45) is 10.9 Å². The number of hydrogen-bond donors (Lipinski definition) is 1. The van der Waals surface area contributed by atoms with Crippen molar-refractivity contribution in [1.29, 1.82) is 0 Å². The molecule has 0 saturated carbocycles. The number of hydrogen-bond acceptors (Lipinski definition) is 6. The highest BCUT2D eigenvalue weighted by atomic mass is 16.7. The molecule has 7 nitrogen and oxygen atoms in total. The summed E-state index contributed by atoms with van der Waals surface area (Å²) in [5.41, 5.74) is 6.84. The molecule has 1 aromatic heterocycles. The zero-order valence-corrected chi connectivity index (χ0v) is 13.3. The SMILES string of the molecule is COc1ccc(/C=C\C(=O)O/N=C(/N)c2ccccn2)cc1OC. The first-order valence-electron chi connectivity index (χ1n) is 7.00. The lowest BCUT2D eigenvalue weighted by molar-refractivity contribution is -0.137. The molecule has 0 aliphatic carbocycles. The molecule has 1 heterocycles. The van der Waals surface area contributed by atoms with E-state index in [-0.39, 0.29) is 5.84 Å². The molecule has 0 unspecified atom stereocenters. The minimum atomic E-state index is -0.663. The Morgan fingerprint density at radius 2 is 1.96 bits per heavy atom. The number of oxime groups is 1. The van der Waals surface area contributed by atoms with Crippen molar-refractivity contribution >= 4 is 17.9 Å². The van der Waals surface area contributed by atoms with E-state index in [0.29, 0.717) is 17.2 Å². The zero-order valence-electron chi connectivity index (χ0n) is 13.3. The fraction of sp³-hybridized carbons (Fsp3) is 0.118. The normalized spacial score (nSPS) is 11.3. The number of benzene rings is 1. The Morgan fingerprint density at radius 3 is 2.62 bits per heavy atom. The van der Waals surface area contributed by atoms with Crippen LogP contribution >= 0.6 is 0 Å². The smallest absolute Gasteiger partial charge is 0.358 e. The molecule has 0 aliphatic rings. The lowest BCUT2D eigenvalue weighted by atomic mass is 10.2. The molecule has 0 atom stereocenters. The van der Waals surface area contributed by atoms with Gasteiger partial charge >= 0.3 is 5.97 Å². The van der Waals surface area contributed by atoms with E-state index in [1.54, 1.807) is 55.8 Å². The number of rotatable bonds is 6. The van der Waals surface area contributed by atoms with Gasteiger partial charge in [-0.25, -0.2) is 4.79 Å². The van der Waals surface area contributed by atoms with Crippen molar-refractivity contribution in [2.45, 2.75) is 0 Å². The van der Waals surface area contributed by atoms with Crippen molar-refractivity contribution in [3.63, 3.8) is 0 Å². The van der Waals surface area contributed by atoms with Crippen molar-refractivity contribution in [3.8, 4) is 11.5 Å². The summed E-state index contributed by atoms with van der Waals surface area (Å²) < 4.78 is 10.3. The topological polar surface area (TPSA) is 96.0 Å². The fourth-order valence-corrected chi connectivity index (χ4v) is 1.81. The highest BCUT2D eigenvalue weighted by Crippen LogP contribution is 2.27. The number of amidine groups is 1. The highest BCUT2D eigenvalue weighted by molar-refractivity contribution is 5.96. The lowest BCUT2D eigenvalue weighted by Crippen LogP contribution is -2.16. The van der Waals surface area contributed by atoms with Gasteiger partial charge in [0.05, 0.1) is 14.2 Å². The molecule has 0 amide bonds. The van der Waals surface area contributed by atoms with Crippen LogP contribution in [0, 0.1) is 0 Å². The summed E-state index contributed by atoms with van der Waals surface area (Å²) in [5, 5.41) is 3.55. The summed E-state index contributed by atoms with van der Waals surface area (Å²) >= 11 is 0. The van der Waals surface area contributed by atoms with Crippen molar-refractivity contribution < 1.29 is 19.1 Å². The number of ether oxygens (including phenoxy) is 2. The third-order valence-corrected chi connectivity index (χ3v) is 2.98. The molecule has 1 aromatic carbocycles. The van der Waals surface area contributed by atoms with Gasteiger partial charge in [0.15, 0.2) is 17.3 Å². The third-order valence-electron chi connectivity index (χ3n) is 2.98. The van der Waals surface area contributed by atoms with Crippen molar-refractivity contribution in [1.82, 2.24) is 4.98 Å². The number of nitrogens with two attached hydrogens (primary N) is 1. The van der Waals surface area contributed by atoms with Gasteiger partial charge in [-0.05, 0) is 35.9 Å². The maximum absolute atomic E-state index is 11.7. The van der Waals surface area contributed by atoms with E-state index in [0.717, 1.165) is 5.56 Å². The summed E-state index contributed by atoms with van der Waals surface area (Å²) in [5.74, 6) is 0.516. The minimum absolute atomic E-state index is 0.0171. The lowest BCUT2D eigenvalue weighted by Gasteiger charge is -2.07. The number of methoxy groups -OCH3 is 2. The Kier molecular flexibility index (Phi) is 5.90. The van der Waals surface area contributed by atoms with Gasteiger partial charge in [0.25, 0.3) is 0 Å². The fourth-order valence-electron chi connectivity index (χ4n) is 1.81. The summed E-state index contributed by atoms with van der Waals surface area (Å²) in [6.07, 6.45) is 4.36. The first-order valence-corrected chi connectivity index (χ1v) is 7.00. The van der Waals surface area contributed by atoms with E-state index in [2.05, 4.69) is 10.1 Å². The van der Waals surface area contributed by atoms with Gasteiger partial charge < -0.3 is 20.0 Å². The number of carbonyl (C=O) groups excluding carboxylic acids is 1. The molecule has 0 bridgehead atoms. The molecule has 0 aliphatic heterocycles. The zero-order chi connectivity index (χ0) is 17.4. The Morgan fingerprint density at radius 1 is 1.17 bits per heavy atom. The van der Waals surface area contributed by atoms with Crippen LogP contribution in [0.1, 0.15) is 11.3 Å². The Bertz CT molecular complexity index is 758. The molecule has 2 aromatic rings. The monoisotopic (exact) mass is 327 g/mol. The first kappa shape index (κ1) is 17.0. The second-order valence-electron chi connectivity index (χ2n) is 4.55. The summed E-state index contributed by atoms with van der Waals surface area (Å²) in [6.45, 7) is 0. The van der Waals surface area contributed by atoms with E-state index in [9.17, 15) is 4.79 Å². The second kappa shape index (κ2) is 8.33. The van der Waals surface area contributed by atoms with E-state index in [1.807, 2.05) is 0 Å². The molecule has 0 radical (unpaired) electrons. The van der Waals surface area contributed by atoms with Crippen molar-refractivity contribution in [3.05, 3.63) is 59.9 Å². The number of carbonyl (C=O) groups is 1. The molecular weight excluding hydrogens is 310 g/mol. The molecule has 24 heavy (non-hydrogen) atoms. The van der Waals surface area contributed by atoms with E-state index in [4.69, 9.17) is 20.0 Å². The average Bonchev–Trinajstić information content (AvgIpc) is 2.64. The standard InChI is InChI=1S/C17H17N3O4/c1-22-14-8-6-12(11-15(14)23-2)7-9-16(21)24-20-17(18)13-5-3-4-10-19-13/h3-11H,1-2H3,(H2,18,20)/b9-7-. The van der Waals surface area contributed by atoms with Crippen LogP contribution in [0.4, 0.5) is 0 Å². The predicted octanol–water partition coefficient (Wildman–Crippen LogP) is 1.98.